The van der Waals surface area contributed by atoms with Gasteiger partial charge in [0.25, 0.3) is 0 Å². The van der Waals surface area contributed by atoms with Crippen LogP contribution < -0.4 is 5.73 Å². The Morgan fingerprint density at radius 2 is 2.54 bits per heavy atom. The van der Waals surface area contributed by atoms with Crippen molar-refractivity contribution in [1.29, 1.82) is 0 Å². The predicted molar refractivity (Wildman–Crippen MR) is 52.7 cm³/mol. The van der Waals surface area contributed by atoms with Crippen LogP contribution in [0.15, 0.2) is 6.20 Å². The molecule has 4 heteroatoms. The maximum absolute atomic E-state index is 5.95. The monoisotopic (exact) mass is 199 g/mol. The largest absolute Gasteiger partial charge is 0.328 e. The normalized spacial score (nSPS) is 24.1. The lowest BCUT2D eigenvalue weighted by atomic mass is 9.92. The van der Waals surface area contributed by atoms with Crippen LogP contribution in [0.25, 0.3) is 0 Å². The van der Waals surface area contributed by atoms with Gasteiger partial charge in [0.2, 0.25) is 0 Å². The van der Waals surface area contributed by atoms with Gasteiger partial charge in [0.15, 0.2) is 0 Å². The van der Waals surface area contributed by atoms with E-state index < -0.39 is 0 Å². The second-order valence-corrected chi connectivity index (χ2v) is 4.15. The summed E-state index contributed by atoms with van der Waals surface area (Å²) in [5.41, 5.74) is 5.86. The van der Waals surface area contributed by atoms with Gasteiger partial charge in [0.05, 0.1) is 6.20 Å². The summed E-state index contributed by atoms with van der Waals surface area (Å²) in [4.78, 5) is 4.26. The van der Waals surface area contributed by atoms with Gasteiger partial charge in [0, 0.05) is 19.0 Å². The summed E-state index contributed by atoms with van der Waals surface area (Å²) in [5, 5.41) is 0.748. The van der Waals surface area contributed by atoms with Gasteiger partial charge >= 0.3 is 0 Å². The van der Waals surface area contributed by atoms with E-state index in [9.17, 15) is 0 Å². The first-order chi connectivity index (χ1) is 6.18. The molecule has 2 N–H and O–H groups in total. The number of fused-ring (bicyclic) bond motifs is 1. The highest BCUT2D eigenvalue weighted by Gasteiger charge is 2.23. The molecule has 1 aromatic heterocycles. The van der Waals surface area contributed by atoms with Crippen molar-refractivity contribution in [2.24, 2.45) is 11.7 Å². The molecule has 0 saturated heterocycles. The van der Waals surface area contributed by atoms with Crippen molar-refractivity contribution < 1.29 is 0 Å². The quantitative estimate of drug-likeness (QED) is 0.744. The fourth-order valence-electron chi connectivity index (χ4n) is 1.87. The number of aromatic nitrogens is 2. The molecule has 0 saturated carbocycles. The van der Waals surface area contributed by atoms with Crippen LogP contribution in [-0.2, 0) is 13.0 Å². The first kappa shape index (κ1) is 9.03. The van der Waals surface area contributed by atoms with Crippen LogP contribution in [-0.4, -0.2) is 15.6 Å². The van der Waals surface area contributed by atoms with E-state index in [0.717, 1.165) is 30.4 Å². The highest BCUT2D eigenvalue weighted by Crippen LogP contribution is 2.24. The fourth-order valence-corrected chi connectivity index (χ4v) is 2.10. The number of hydrogen-bond acceptors (Lipinski definition) is 2. The highest BCUT2D eigenvalue weighted by molar-refractivity contribution is 6.29. The highest BCUT2D eigenvalue weighted by atomic mass is 35.5. The van der Waals surface area contributed by atoms with Gasteiger partial charge in [-0.2, -0.15) is 0 Å². The Morgan fingerprint density at radius 3 is 3.23 bits per heavy atom. The lowest BCUT2D eigenvalue weighted by molar-refractivity contribution is 0.338. The molecular weight excluding hydrogens is 186 g/mol. The van der Waals surface area contributed by atoms with Crippen LogP contribution >= 0.6 is 11.6 Å². The third-order valence-corrected chi connectivity index (χ3v) is 3.10. The lowest BCUT2D eigenvalue weighted by Gasteiger charge is -2.26. The summed E-state index contributed by atoms with van der Waals surface area (Å²) in [6.45, 7) is 3.02. The van der Waals surface area contributed by atoms with Gasteiger partial charge in [-0.1, -0.05) is 11.6 Å². The van der Waals surface area contributed by atoms with Crippen LogP contribution in [0.1, 0.15) is 19.2 Å². The number of hydrogen-bond donors (Lipinski definition) is 1. The SMILES string of the molecule is CC(N)C1CCn2c(Cl)cnc2C1. The maximum Gasteiger partial charge on any atom is 0.128 e. The molecule has 0 amide bonds. The average Bonchev–Trinajstić information content (AvgIpc) is 2.47. The summed E-state index contributed by atoms with van der Waals surface area (Å²) < 4.78 is 2.07. The molecule has 0 spiro atoms. The smallest absolute Gasteiger partial charge is 0.128 e. The molecule has 13 heavy (non-hydrogen) atoms. The zero-order chi connectivity index (χ0) is 9.42. The molecule has 1 aliphatic rings. The van der Waals surface area contributed by atoms with E-state index in [1.54, 1.807) is 6.20 Å². The van der Waals surface area contributed by atoms with Crippen molar-refractivity contribution in [3.63, 3.8) is 0 Å². The third kappa shape index (κ3) is 1.58. The third-order valence-electron chi connectivity index (χ3n) is 2.80. The molecule has 72 valence electrons. The molecule has 3 nitrogen and oxygen atoms in total. The molecule has 0 bridgehead atoms. The van der Waals surface area contributed by atoms with E-state index >= 15 is 0 Å². The van der Waals surface area contributed by atoms with Gasteiger partial charge in [0.1, 0.15) is 11.0 Å². The van der Waals surface area contributed by atoms with E-state index in [1.807, 2.05) is 0 Å². The maximum atomic E-state index is 5.95. The molecule has 1 aliphatic heterocycles. The van der Waals surface area contributed by atoms with E-state index in [-0.39, 0.29) is 6.04 Å². The standard InChI is InChI=1S/C9H14ClN3/c1-6(11)7-2-3-13-8(10)5-12-9(13)4-7/h5-7H,2-4,11H2,1H3. The number of rotatable bonds is 1. The van der Waals surface area contributed by atoms with E-state index in [1.165, 1.54) is 0 Å². The Kier molecular flexibility index (Phi) is 2.30. The van der Waals surface area contributed by atoms with Crippen LogP contribution in [0.5, 0.6) is 0 Å². The van der Waals surface area contributed by atoms with Crippen LogP contribution in [0.3, 0.4) is 0 Å². The Balaban J connectivity index is 2.21. The first-order valence-corrected chi connectivity index (χ1v) is 5.01. The van der Waals surface area contributed by atoms with Gasteiger partial charge in [-0.25, -0.2) is 4.98 Å². The van der Waals surface area contributed by atoms with Crippen molar-refractivity contribution in [1.82, 2.24) is 9.55 Å². The van der Waals surface area contributed by atoms with Gasteiger partial charge in [-0.3, -0.25) is 0 Å². The fraction of sp³-hybridized carbons (Fsp3) is 0.667. The molecule has 0 radical (unpaired) electrons. The molecule has 1 aromatic rings. The summed E-state index contributed by atoms with van der Waals surface area (Å²) >= 11 is 5.95. The van der Waals surface area contributed by atoms with Crippen molar-refractivity contribution in [2.45, 2.75) is 32.4 Å². The number of imidazole rings is 1. The summed E-state index contributed by atoms with van der Waals surface area (Å²) in [6, 6.07) is 0.254. The van der Waals surface area contributed by atoms with Gasteiger partial charge < -0.3 is 10.3 Å². The topological polar surface area (TPSA) is 43.8 Å². The lowest BCUT2D eigenvalue weighted by Crippen LogP contribution is -2.33. The van der Waals surface area contributed by atoms with Crippen molar-refractivity contribution in [2.75, 3.05) is 0 Å². The summed E-state index contributed by atoms with van der Waals surface area (Å²) in [7, 11) is 0. The van der Waals surface area contributed by atoms with Crippen molar-refractivity contribution in [3.8, 4) is 0 Å². The first-order valence-electron chi connectivity index (χ1n) is 4.64. The molecule has 0 aromatic carbocycles. The molecule has 2 atom stereocenters. The van der Waals surface area contributed by atoms with E-state index in [0.29, 0.717) is 5.92 Å². The Hall–Kier alpha value is -0.540. The Morgan fingerprint density at radius 1 is 1.77 bits per heavy atom. The second-order valence-electron chi connectivity index (χ2n) is 3.76. The minimum atomic E-state index is 0.254. The number of nitrogens with zero attached hydrogens (tertiary/aromatic N) is 2. The second kappa shape index (κ2) is 3.31. The molecule has 2 rings (SSSR count). The van der Waals surface area contributed by atoms with Crippen LogP contribution in [0, 0.1) is 5.92 Å². The zero-order valence-corrected chi connectivity index (χ0v) is 8.46. The summed E-state index contributed by atoms with van der Waals surface area (Å²) in [5.74, 6) is 1.64. The van der Waals surface area contributed by atoms with Crippen molar-refractivity contribution >= 4 is 11.6 Å². The van der Waals surface area contributed by atoms with Crippen LogP contribution in [0.2, 0.25) is 5.15 Å². The minimum Gasteiger partial charge on any atom is -0.328 e. The van der Waals surface area contributed by atoms with E-state index in [2.05, 4.69) is 16.5 Å². The predicted octanol–water partition coefficient (Wildman–Crippen LogP) is 1.45. The van der Waals surface area contributed by atoms with Crippen molar-refractivity contribution in [3.05, 3.63) is 17.2 Å². The zero-order valence-electron chi connectivity index (χ0n) is 7.70. The Labute approximate surface area is 82.9 Å². The molecule has 2 heterocycles. The molecule has 2 unspecified atom stereocenters. The van der Waals surface area contributed by atoms with Gasteiger partial charge in [-0.05, 0) is 19.3 Å². The minimum absolute atomic E-state index is 0.254. The molecule has 0 fully saturated rings. The molecule has 0 aliphatic carbocycles. The average molecular weight is 200 g/mol. The molecular formula is C9H14ClN3. The number of halogens is 1. The summed E-state index contributed by atoms with van der Waals surface area (Å²) in [6.07, 6.45) is 3.80. The Bertz CT molecular complexity index is 306. The van der Waals surface area contributed by atoms with Gasteiger partial charge in [-0.15, -0.1) is 0 Å². The number of nitrogens with two attached hydrogens (primary N) is 1. The van der Waals surface area contributed by atoms with E-state index in [4.69, 9.17) is 17.3 Å². The van der Waals surface area contributed by atoms with Crippen LogP contribution in [0.4, 0.5) is 0 Å².